The zero-order valence-electron chi connectivity index (χ0n) is 6.55. The monoisotopic (exact) mass is 233 g/mol. The quantitative estimate of drug-likeness (QED) is 0.808. The Balaban J connectivity index is 0.00000144. The molecular weight excluding hydrogens is 227 g/mol. The van der Waals surface area contributed by atoms with Crippen molar-refractivity contribution in [2.45, 2.75) is 19.7 Å². The number of thiazole rings is 1. The van der Waals surface area contributed by atoms with Gasteiger partial charge < -0.3 is 5.11 Å². The molecule has 0 aliphatic rings. The van der Waals surface area contributed by atoms with Crippen molar-refractivity contribution < 1.29 is 18.3 Å². The summed E-state index contributed by atoms with van der Waals surface area (Å²) in [6.07, 6.45) is -4.46. The van der Waals surface area contributed by atoms with E-state index in [1.807, 2.05) is 0 Å². The molecule has 76 valence electrons. The van der Waals surface area contributed by atoms with Crippen LogP contribution in [-0.2, 0) is 12.8 Å². The number of aromatic nitrogens is 1. The highest BCUT2D eigenvalue weighted by atomic mass is 35.5. The lowest BCUT2D eigenvalue weighted by molar-refractivity contribution is -0.141. The van der Waals surface area contributed by atoms with E-state index in [1.165, 1.54) is 6.92 Å². The Morgan fingerprint density at radius 1 is 1.46 bits per heavy atom. The lowest BCUT2D eigenvalue weighted by atomic mass is 10.3. The fourth-order valence-electron chi connectivity index (χ4n) is 0.798. The first-order valence-corrected chi connectivity index (χ1v) is 3.91. The van der Waals surface area contributed by atoms with Crippen LogP contribution in [0.3, 0.4) is 0 Å². The molecule has 0 saturated heterocycles. The zero-order valence-corrected chi connectivity index (χ0v) is 8.18. The topological polar surface area (TPSA) is 33.1 Å². The van der Waals surface area contributed by atoms with Crippen LogP contribution in [0.2, 0.25) is 0 Å². The number of aliphatic hydroxyl groups excluding tert-OH is 1. The van der Waals surface area contributed by atoms with E-state index in [0.29, 0.717) is 5.01 Å². The molecule has 13 heavy (non-hydrogen) atoms. The Morgan fingerprint density at radius 2 is 2.00 bits per heavy atom. The zero-order chi connectivity index (χ0) is 9.35. The second-order valence-electron chi connectivity index (χ2n) is 2.16. The van der Waals surface area contributed by atoms with Gasteiger partial charge in [-0.3, -0.25) is 0 Å². The Bertz CT molecular complexity index is 286. The molecule has 1 aromatic heterocycles. The van der Waals surface area contributed by atoms with Crippen LogP contribution in [0.5, 0.6) is 0 Å². The molecule has 0 aliphatic carbocycles. The number of hydrogen-bond donors (Lipinski definition) is 1. The molecule has 0 fully saturated rings. The van der Waals surface area contributed by atoms with E-state index in [1.54, 1.807) is 0 Å². The van der Waals surface area contributed by atoms with Gasteiger partial charge in [-0.25, -0.2) is 4.98 Å². The van der Waals surface area contributed by atoms with Crippen LogP contribution in [0.1, 0.15) is 15.6 Å². The highest BCUT2D eigenvalue weighted by Crippen LogP contribution is 2.33. The Labute approximate surface area is 82.8 Å². The van der Waals surface area contributed by atoms with Gasteiger partial charge in [-0.2, -0.15) is 13.2 Å². The number of nitrogens with zero attached hydrogens (tertiary/aromatic N) is 1. The summed E-state index contributed by atoms with van der Waals surface area (Å²) in [4.78, 5) is 3.16. The van der Waals surface area contributed by atoms with Crippen LogP contribution in [-0.4, -0.2) is 10.1 Å². The molecule has 0 bridgehead atoms. The number of hydrogen-bond acceptors (Lipinski definition) is 3. The minimum Gasteiger partial charge on any atom is -0.391 e. The first-order valence-electron chi connectivity index (χ1n) is 3.09. The maximum Gasteiger partial charge on any atom is 0.434 e. The van der Waals surface area contributed by atoms with Crippen LogP contribution in [0.25, 0.3) is 0 Å². The highest BCUT2D eigenvalue weighted by molar-refractivity contribution is 7.11. The molecule has 0 unspecified atom stereocenters. The van der Waals surface area contributed by atoms with Gasteiger partial charge in [0.05, 0.1) is 16.5 Å². The average molecular weight is 234 g/mol. The Kier molecular flexibility index (Phi) is 4.15. The Morgan fingerprint density at radius 3 is 2.31 bits per heavy atom. The van der Waals surface area contributed by atoms with Crippen molar-refractivity contribution in [2.24, 2.45) is 0 Å². The number of aliphatic hydroxyl groups is 1. The van der Waals surface area contributed by atoms with Crippen molar-refractivity contribution in [3.63, 3.8) is 0 Å². The standard InChI is InChI=1S/C6H6F3NOS.ClH/c1-3-10-5(6(7,8)9)4(2-11)12-3;/h11H,2H2,1H3;1H. The first kappa shape index (κ1) is 12.7. The smallest absolute Gasteiger partial charge is 0.391 e. The van der Waals surface area contributed by atoms with Gasteiger partial charge in [-0.15, -0.1) is 23.7 Å². The summed E-state index contributed by atoms with van der Waals surface area (Å²) in [5.74, 6) is 0. The molecule has 0 atom stereocenters. The van der Waals surface area contributed by atoms with Gasteiger partial charge in [0.1, 0.15) is 0 Å². The lowest BCUT2D eigenvalue weighted by Gasteiger charge is -2.02. The van der Waals surface area contributed by atoms with E-state index in [-0.39, 0.29) is 17.3 Å². The number of alkyl halides is 3. The number of halogens is 4. The second kappa shape index (κ2) is 4.26. The summed E-state index contributed by atoms with van der Waals surface area (Å²) < 4.78 is 36.2. The third kappa shape index (κ3) is 2.82. The van der Waals surface area contributed by atoms with E-state index in [9.17, 15) is 13.2 Å². The van der Waals surface area contributed by atoms with E-state index < -0.39 is 18.5 Å². The van der Waals surface area contributed by atoms with Gasteiger partial charge in [-0.05, 0) is 6.92 Å². The fraction of sp³-hybridized carbons (Fsp3) is 0.500. The second-order valence-corrected chi connectivity index (χ2v) is 3.45. The molecular formula is C6H7ClF3NOS. The van der Waals surface area contributed by atoms with Crippen molar-refractivity contribution in [2.75, 3.05) is 0 Å². The molecule has 0 aromatic carbocycles. The molecule has 0 spiro atoms. The normalized spacial score (nSPS) is 11.2. The van der Waals surface area contributed by atoms with Gasteiger partial charge in [0.15, 0.2) is 5.69 Å². The molecule has 2 nitrogen and oxygen atoms in total. The van der Waals surface area contributed by atoms with Crippen molar-refractivity contribution in [3.05, 3.63) is 15.6 Å². The molecule has 1 rings (SSSR count). The summed E-state index contributed by atoms with van der Waals surface area (Å²) in [5, 5.41) is 8.88. The highest BCUT2D eigenvalue weighted by Gasteiger charge is 2.36. The van der Waals surface area contributed by atoms with Crippen LogP contribution >= 0.6 is 23.7 Å². The number of rotatable bonds is 1. The third-order valence-corrected chi connectivity index (χ3v) is 2.17. The molecule has 0 aliphatic heterocycles. The summed E-state index contributed by atoms with van der Waals surface area (Å²) in [6, 6.07) is 0. The van der Waals surface area contributed by atoms with Gasteiger partial charge in [0.25, 0.3) is 0 Å². The molecule has 0 amide bonds. The van der Waals surface area contributed by atoms with E-state index in [2.05, 4.69) is 4.98 Å². The Hall–Kier alpha value is -0.330. The molecule has 1 N–H and O–H groups in total. The van der Waals surface area contributed by atoms with Crippen LogP contribution < -0.4 is 0 Å². The SMILES string of the molecule is Cc1nc(C(F)(F)F)c(CO)s1.Cl. The van der Waals surface area contributed by atoms with Crippen molar-refractivity contribution in [3.8, 4) is 0 Å². The molecule has 1 heterocycles. The lowest BCUT2D eigenvalue weighted by Crippen LogP contribution is -2.08. The number of aryl methyl sites for hydroxylation is 1. The largest absolute Gasteiger partial charge is 0.434 e. The summed E-state index contributed by atoms with van der Waals surface area (Å²) in [5.41, 5.74) is -0.965. The summed E-state index contributed by atoms with van der Waals surface area (Å²) in [6.45, 7) is 0.861. The van der Waals surface area contributed by atoms with E-state index >= 15 is 0 Å². The molecule has 1 aromatic rings. The predicted octanol–water partition coefficient (Wildman–Crippen LogP) is 2.38. The first-order chi connectivity index (χ1) is 5.45. The predicted molar refractivity (Wildman–Crippen MR) is 45.0 cm³/mol. The van der Waals surface area contributed by atoms with Gasteiger partial charge in [-0.1, -0.05) is 0 Å². The van der Waals surface area contributed by atoms with Gasteiger partial charge in [0.2, 0.25) is 0 Å². The summed E-state index contributed by atoms with van der Waals surface area (Å²) >= 11 is 0.860. The van der Waals surface area contributed by atoms with Gasteiger partial charge in [0, 0.05) is 0 Å². The van der Waals surface area contributed by atoms with E-state index in [0.717, 1.165) is 11.3 Å². The third-order valence-electron chi connectivity index (χ3n) is 1.22. The minimum atomic E-state index is -4.46. The summed E-state index contributed by atoms with van der Waals surface area (Å²) in [7, 11) is 0. The minimum absolute atomic E-state index is 0. The molecule has 7 heteroatoms. The van der Waals surface area contributed by atoms with Crippen LogP contribution in [0.4, 0.5) is 13.2 Å². The van der Waals surface area contributed by atoms with Crippen molar-refractivity contribution in [1.82, 2.24) is 4.98 Å². The maximum absolute atomic E-state index is 12.1. The van der Waals surface area contributed by atoms with Crippen LogP contribution in [0.15, 0.2) is 0 Å². The molecule has 0 radical (unpaired) electrons. The van der Waals surface area contributed by atoms with Crippen LogP contribution in [0, 0.1) is 6.92 Å². The average Bonchev–Trinajstić information content (AvgIpc) is 2.29. The molecule has 0 saturated carbocycles. The fourth-order valence-corrected chi connectivity index (χ4v) is 1.61. The van der Waals surface area contributed by atoms with Crippen molar-refractivity contribution >= 4 is 23.7 Å². The van der Waals surface area contributed by atoms with Gasteiger partial charge >= 0.3 is 6.18 Å². The van der Waals surface area contributed by atoms with Crippen molar-refractivity contribution in [1.29, 1.82) is 0 Å². The van der Waals surface area contributed by atoms with E-state index in [4.69, 9.17) is 5.11 Å². The maximum atomic E-state index is 12.1.